The van der Waals surface area contributed by atoms with Crippen LogP contribution in [-0.2, 0) is 9.53 Å². The van der Waals surface area contributed by atoms with Crippen molar-refractivity contribution in [3.05, 3.63) is 24.3 Å². The van der Waals surface area contributed by atoms with E-state index in [1.807, 2.05) is 24.3 Å². The van der Waals surface area contributed by atoms with Gasteiger partial charge < -0.3 is 14.8 Å². The van der Waals surface area contributed by atoms with Gasteiger partial charge in [-0.2, -0.15) is 0 Å². The van der Waals surface area contributed by atoms with Gasteiger partial charge in [-0.15, -0.1) is 0 Å². The lowest BCUT2D eigenvalue weighted by atomic mass is 10.2. The topological polar surface area (TPSA) is 50.8 Å². The second kappa shape index (κ2) is 7.43. The summed E-state index contributed by atoms with van der Waals surface area (Å²) in [6.45, 7) is 6.67. The molecule has 1 N–H and O–H groups in total. The van der Waals surface area contributed by atoms with Gasteiger partial charge in [0.2, 0.25) is 5.91 Å². The van der Waals surface area contributed by atoms with Crippen LogP contribution in [0.3, 0.4) is 0 Å². The lowest BCUT2D eigenvalue weighted by Gasteiger charge is -2.35. The van der Waals surface area contributed by atoms with Crippen molar-refractivity contribution in [2.45, 2.75) is 32.5 Å². The molecule has 1 aromatic rings. The predicted molar refractivity (Wildman–Crippen MR) is 82.7 cm³/mol. The standard InChI is InChI=1S/C16H24N2O3/c1-12-10-18(11-13(2)21-12)8-7-16(19)17-14-5-4-6-15(9-14)20-3/h4-6,9,12-13H,7-8,10-11H2,1-3H3,(H,17,19)/t12-,13-/m0/s1. The van der Waals surface area contributed by atoms with Crippen LogP contribution in [0.15, 0.2) is 24.3 Å². The van der Waals surface area contributed by atoms with E-state index in [1.54, 1.807) is 7.11 Å². The summed E-state index contributed by atoms with van der Waals surface area (Å²) < 4.78 is 10.8. The minimum absolute atomic E-state index is 0.0232. The number of morpholine rings is 1. The summed E-state index contributed by atoms with van der Waals surface area (Å²) in [4.78, 5) is 14.3. The minimum Gasteiger partial charge on any atom is -0.497 e. The van der Waals surface area contributed by atoms with Crippen LogP contribution in [0.1, 0.15) is 20.3 Å². The normalized spacial score (nSPS) is 22.8. The molecular formula is C16H24N2O3. The third-order valence-electron chi connectivity index (χ3n) is 3.50. The fourth-order valence-corrected chi connectivity index (χ4v) is 2.65. The summed E-state index contributed by atoms with van der Waals surface area (Å²) in [5.41, 5.74) is 0.767. The number of methoxy groups -OCH3 is 1. The van der Waals surface area contributed by atoms with Crippen LogP contribution in [-0.4, -0.2) is 49.8 Å². The van der Waals surface area contributed by atoms with Gasteiger partial charge in [0.1, 0.15) is 5.75 Å². The van der Waals surface area contributed by atoms with Crippen molar-refractivity contribution >= 4 is 11.6 Å². The number of carbonyl (C=O) groups is 1. The SMILES string of the molecule is COc1cccc(NC(=O)CCN2C[C@H](C)O[C@@H](C)C2)c1. The monoisotopic (exact) mass is 292 g/mol. The van der Waals surface area contributed by atoms with E-state index in [0.717, 1.165) is 31.1 Å². The molecule has 1 aliphatic rings. The van der Waals surface area contributed by atoms with Crippen LogP contribution in [0.2, 0.25) is 0 Å². The Kier molecular flexibility index (Phi) is 5.59. The molecule has 1 aromatic carbocycles. The highest BCUT2D eigenvalue weighted by atomic mass is 16.5. The molecule has 0 aromatic heterocycles. The van der Waals surface area contributed by atoms with Gasteiger partial charge in [0.05, 0.1) is 19.3 Å². The Balaban J connectivity index is 1.79. The van der Waals surface area contributed by atoms with Gasteiger partial charge in [-0.1, -0.05) is 6.07 Å². The number of nitrogens with zero attached hydrogens (tertiary/aromatic N) is 1. The fraction of sp³-hybridized carbons (Fsp3) is 0.562. The third kappa shape index (κ3) is 5.02. The summed E-state index contributed by atoms with van der Waals surface area (Å²) in [7, 11) is 1.61. The highest BCUT2D eigenvalue weighted by Crippen LogP contribution is 2.17. The van der Waals surface area contributed by atoms with Crippen LogP contribution >= 0.6 is 0 Å². The molecule has 0 bridgehead atoms. The summed E-state index contributed by atoms with van der Waals surface area (Å²) in [5, 5.41) is 2.90. The molecule has 2 atom stereocenters. The highest BCUT2D eigenvalue weighted by Gasteiger charge is 2.22. The first-order valence-electron chi connectivity index (χ1n) is 7.38. The van der Waals surface area contributed by atoms with E-state index >= 15 is 0 Å². The Labute approximate surface area is 126 Å². The summed E-state index contributed by atoms with van der Waals surface area (Å²) in [6.07, 6.45) is 0.946. The number of hydrogen-bond acceptors (Lipinski definition) is 4. The maximum atomic E-state index is 12.0. The number of anilines is 1. The Bertz CT molecular complexity index is 468. The van der Waals surface area contributed by atoms with Crippen LogP contribution in [0.5, 0.6) is 5.75 Å². The Hall–Kier alpha value is -1.59. The second-order valence-corrected chi connectivity index (χ2v) is 5.55. The summed E-state index contributed by atoms with van der Waals surface area (Å²) >= 11 is 0. The average molecular weight is 292 g/mol. The van der Waals surface area contributed by atoms with Crippen molar-refractivity contribution in [3.8, 4) is 5.75 Å². The van der Waals surface area contributed by atoms with Gasteiger partial charge >= 0.3 is 0 Å². The number of hydrogen-bond donors (Lipinski definition) is 1. The second-order valence-electron chi connectivity index (χ2n) is 5.55. The van der Waals surface area contributed by atoms with E-state index in [0.29, 0.717) is 6.42 Å². The largest absolute Gasteiger partial charge is 0.497 e. The molecule has 116 valence electrons. The number of carbonyl (C=O) groups excluding carboxylic acids is 1. The van der Waals surface area contributed by atoms with Gasteiger partial charge in [-0.3, -0.25) is 9.69 Å². The Morgan fingerprint density at radius 3 is 2.76 bits per heavy atom. The zero-order valence-electron chi connectivity index (χ0n) is 13.0. The molecule has 0 unspecified atom stereocenters. The van der Waals surface area contributed by atoms with E-state index in [4.69, 9.17) is 9.47 Å². The number of benzene rings is 1. The molecule has 0 radical (unpaired) electrons. The quantitative estimate of drug-likeness (QED) is 0.903. The zero-order valence-corrected chi connectivity index (χ0v) is 13.0. The summed E-state index contributed by atoms with van der Waals surface area (Å²) in [5.74, 6) is 0.763. The molecule has 2 rings (SSSR count). The molecule has 1 fully saturated rings. The fourth-order valence-electron chi connectivity index (χ4n) is 2.65. The smallest absolute Gasteiger partial charge is 0.225 e. The lowest BCUT2D eigenvalue weighted by molar-refractivity contribution is -0.117. The van der Waals surface area contributed by atoms with Gasteiger partial charge in [-0.25, -0.2) is 0 Å². The first-order chi connectivity index (χ1) is 10.1. The van der Waals surface area contributed by atoms with Crippen molar-refractivity contribution in [1.29, 1.82) is 0 Å². The predicted octanol–water partition coefficient (Wildman–Crippen LogP) is 2.13. The zero-order chi connectivity index (χ0) is 15.2. The maximum Gasteiger partial charge on any atom is 0.225 e. The first-order valence-corrected chi connectivity index (χ1v) is 7.38. The Morgan fingerprint density at radius 2 is 2.10 bits per heavy atom. The molecule has 0 saturated carbocycles. The van der Waals surface area contributed by atoms with Crippen LogP contribution in [0.25, 0.3) is 0 Å². The summed E-state index contributed by atoms with van der Waals surface area (Å²) in [6, 6.07) is 7.39. The lowest BCUT2D eigenvalue weighted by Crippen LogP contribution is -2.46. The van der Waals surface area contributed by atoms with Gasteiger partial charge in [-0.05, 0) is 26.0 Å². The molecule has 21 heavy (non-hydrogen) atoms. The maximum absolute atomic E-state index is 12.0. The van der Waals surface area contributed by atoms with Crippen LogP contribution in [0, 0.1) is 0 Å². The van der Waals surface area contributed by atoms with Crippen molar-refractivity contribution < 1.29 is 14.3 Å². The molecule has 0 aliphatic carbocycles. The highest BCUT2D eigenvalue weighted by molar-refractivity contribution is 5.91. The molecule has 1 saturated heterocycles. The Morgan fingerprint density at radius 1 is 1.38 bits per heavy atom. The van der Waals surface area contributed by atoms with E-state index < -0.39 is 0 Å². The molecule has 0 spiro atoms. The molecule has 1 aliphatic heterocycles. The minimum atomic E-state index is 0.0232. The van der Waals surface area contributed by atoms with Gasteiger partial charge in [0, 0.05) is 37.8 Å². The third-order valence-corrected chi connectivity index (χ3v) is 3.50. The number of rotatable bonds is 5. The van der Waals surface area contributed by atoms with Crippen molar-refractivity contribution in [2.24, 2.45) is 0 Å². The first kappa shape index (κ1) is 15.8. The molecule has 1 amide bonds. The number of ether oxygens (including phenoxy) is 2. The van der Waals surface area contributed by atoms with Crippen LogP contribution < -0.4 is 10.1 Å². The molecule has 5 nitrogen and oxygen atoms in total. The van der Waals surface area contributed by atoms with Crippen molar-refractivity contribution in [2.75, 3.05) is 32.1 Å². The number of nitrogens with one attached hydrogen (secondary N) is 1. The number of amides is 1. The van der Waals surface area contributed by atoms with E-state index in [-0.39, 0.29) is 18.1 Å². The van der Waals surface area contributed by atoms with Crippen LogP contribution in [0.4, 0.5) is 5.69 Å². The van der Waals surface area contributed by atoms with Gasteiger partial charge in [0.25, 0.3) is 0 Å². The average Bonchev–Trinajstić information content (AvgIpc) is 2.44. The molecule has 1 heterocycles. The van der Waals surface area contributed by atoms with Crippen molar-refractivity contribution in [1.82, 2.24) is 4.90 Å². The van der Waals surface area contributed by atoms with E-state index in [2.05, 4.69) is 24.1 Å². The van der Waals surface area contributed by atoms with Crippen molar-refractivity contribution in [3.63, 3.8) is 0 Å². The molecular weight excluding hydrogens is 268 g/mol. The van der Waals surface area contributed by atoms with Gasteiger partial charge in [0.15, 0.2) is 0 Å². The van der Waals surface area contributed by atoms with E-state index in [9.17, 15) is 4.79 Å². The molecule has 5 heteroatoms. The van der Waals surface area contributed by atoms with E-state index in [1.165, 1.54) is 0 Å².